The molecule has 0 saturated carbocycles. The molecule has 0 aliphatic carbocycles. The molecule has 6 nitrogen and oxygen atoms in total. The summed E-state index contributed by atoms with van der Waals surface area (Å²) in [5.41, 5.74) is 2.11. The van der Waals surface area contributed by atoms with Crippen molar-refractivity contribution >= 4 is 17.5 Å². The van der Waals surface area contributed by atoms with E-state index < -0.39 is 6.10 Å². The molecular formula is C21H19N3O3. The van der Waals surface area contributed by atoms with Crippen LogP contribution in [0, 0.1) is 0 Å². The number of para-hydroxylation sites is 2. The fourth-order valence-electron chi connectivity index (χ4n) is 3.19. The maximum atomic E-state index is 13.3. The molecule has 0 saturated heterocycles. The second-order valence-electron chi connectivity index (χ2n) is 6.24. The first-order chi connectivity index (χ1) is 13.2. The Morgan fingerprint density at radius 3 is 2.59 bits per heavy atom. The van der Waals surface area contributed by atoms with E-state index in [1.165, 1.54) is 0 Å². The van der Waals surface area contributed by atoms with Gasteiger partial charge in [-0.3, -0.25) is 9.59 Å². The Bertz CT molecular complexity index is 982. The number of carbonyl (C=O) groups excluding carboxylic acids is 2. The number of nitrogens with one attached hydrogen (secondary N) is 1. The Morgan fingerprint density at radius 2 is 1.81 bits per heavy atom. The zero-order chi connectivity index (χ0) is 18.8. The van der Waals surface area contributed by atoms with E-state index in [2.05, 4.69) is 5.32 Å². The molecule has 136 valence electrons. The van der Waals surface area contributed by atoms with Gasteiger partial charge in [-0.15, -0.1) is 0 Å². The summed E-state index contributed by atoms with van der Waals surface area (Å²) in [6, 6.07) is 18.5. The van der Waals surface area contributed by atoms with Gasteiger partial charge in [0.05, 0.1) is 12.2 Å². The van der Waals surface area contributed by atoms with Crippen LogP contribution in [0.1, 0.15) is 10.4 Å². The van der Waals surface area contributed by atoms with Crippen molar-refractivity contribution in [1.82, 2.24) is 9.88 Å². The molecule has 4 rings (SSSR count). The van der Waals surface area contributed by atoms with Crippen LogP contribution in [0.15, 0.2) is 73.1 Å². The van der Waals surface area contributed by atoms with Crippen LogP contribution in [-0.2, 0) is 4.79 Å². The first-order valence-electron chi connectivity index (χ1n) is 8.70. The highest BCUT2D eigenvalue weighted by molar-refractivity contribution is 6.08. The summed E-state index contributed by atoms with van der Waals surface area (Å²) in [6.07, 6.45) is 3.10. The molecule has 1 aromatic heterocycles. The maximum Gasteiger partial charge on any atom is 0.262 e. The van der Waals surface area contributed by atoms with Gasteiger partial charge in [-0.05, 0) is 42.5 Å². The number of amides is 2. The van der Waals surface area contributed by atoms with E-state index in [1.54, 1.807) is 24.1 Å². The molecule has 1 aliphatic rings. The van der Waals surface area contributed by atoms with Gasteiger partial charge in [-0.2, -0.15) is 0 Å². The van der Waals surface area contributed by atoms with Crippen molar-refractivity contribution in [1.29, 1.82) is 0 Å². The van der Waals surface area contributed by atoms with Crippen LogP contribution < -0.4 is 15.0 Å². The van der Waals surface area contributed by atoms with Crippen LogP contribution >= 0.6 is 0 Å². The third-order valence-corrected chi connectivity index (χ3v) is 4.55. The van der Waals surface area contributed by atoms with Gasteiger partial charge >= 0.3 is 0 Å². The average Bonchev–Trinajstić information content (AvgIpc) is 3.27. The van der Waals surface area contributed by atoms with E-state index in [4.69, 9.17) is 4.74 Å². The van der Waals surface area contributed by atoms with Gasteiger partial charge in [-0.25, -0.2) is 0 Å². The lowest BCUT2D eigenvalue weighted by molar-refractivity contribution is -0.127. The van der Waals surface area contributed by atoms with Crippen LogP contribution in [-0.4, -0.2) is 36.1 Å². The van der Waals surface area contributed by atoms with Crippen LogP contribution in [0.3, 0.4) is 0 Å². The van der Waals surface area contributed by atoms with Crippen LogP contribution in [0.25, 0.3) is 5.69 Å². The fraction of sp³-hybridized carbons (Fsp3) is 0.143. The molecule has 27 heavy (non-hydrogen) atoms. The number of rotatable bonds is 3. The number of hydrogen-bond donors (Lipinski definition) is 1. The Morgan fingerprint density at radius 1 is 1.04 bits per heavy atom. The molecule has 0 unspecified atom stereocenters. The summed E-state index contributed by atoms with van der Waals surface area (Å²) < 4.78 is 7.72. The first-order valence-corrected chi connectivity index (χ1v) is 8.70. The fourth-order valence-corrected chi connectivity index (χ4v) is 3.19. The zero-order valence-corrected chi connectivity index (χ0v) is 14.8. The number of ether oxygens (including phenoxy) is 1. The second-order valence-corrected chi connectivity index (χ2v) is 6.24. The molecule has 2 aromatic carbocycles. The van der Waals surface area contributed by atoms with Gasteiger partial charge in [-0.1, -0.05) is 18.2 Å². The number of aromatic nitrogens is 1. The van der Waals surface area contributed by atoms with Crippen LogP contribution in [0.2, 0.25) is 0 Å². The van der Waals surface area contributed by atoms with Crippen molar-refractivity contribution in [2.75, 3.05) is 18.5 Å². The molecule has 0 spiro atoms. The lowest BCUT2D eigenvalue weighted by atomic mass is 10.1. The Hall–Kier alpha value is -3.54. The summed E-state index contributed by atoms with van der Waals surface area (Å²) in [4.78, 5) is 27.0. The molecule has 0 radical (unpaired) electrons. The SMILES string of the molecule is CNC(=O)[C@@H]1CN(C(=O)c2cccc(-n3cccc3)c2)c2ccccc2O1. The van der Waals surface area contributed by atoms with E-state index in [-0.39, 0.29) is 18.4 Å². The second kappa shape index (κ2) is 6.99. The topological polar surface area (TPSA) is 63.6 Å². The lowest BCUT2D eigenvalue weighted by Gasteiger charge is -2.34. The summed E-state index contributed by atoms with van der Waals surface area (Å²) in [5.74, 6) is 0.0873. The average molecular weight is 361 g/mol. The van der Waals surface area contributed by atoms with Crippen molar-refractivity contribution in [3.8, 4) is 11.4 Å². The van der Waals surface area contributed by atoms with E-state index in [1.807, 2.05) is 65.5 Å². The van der Waals surface area contributed by atoms with Gasteiger partial charge in [0.1, 0.15) is 5.75 Å². The third-order valence-electron chi connectivity index (χ3n) is 4.55. The predicted molar refractivity (Wildman–Crippen MR) is 102 cm³/mol. The van der Waals surface area contributed by atoms with E-state index in [0.29, 0.717) is 17.0 Å². The Labute approximate surface area is 157 Å². The molecule has 0 bridgehead atoms. The highest BCUT2D eigenvalue weighted by atomic mass is 16.5. The molecular weight excluding hydrogens is 342 g/mol. The third kappa shape index (κ3) is 3.17. The normalized spacial score (nSPS) is 15.6. The minimum absolute atomic E-state index is 0.156. The molecule has 1 atom stereocenters. The Balaban J connectivity index is 1.70. The highest BCUT2D eigenvalue weighted by Gasteiger charge is 2.33. The summed E-state index contributed by atoms with van der Waals surface area (Å²) >= 11 is 0. The van der Waals surface area contributed by atoms with Crippen molar-refractivity contribution in [3.05, 3.63) is 78.6 Å². The number of fused-ring (bicyclic) bond motifs is 1. The smallest absolute Gasteiger partial charge is 0.262 e. The molecule has 1 N–H and O–H groups in total. The van der Waals surface area contributed by atoms with Gasteiger partial charge in [0.15, 0.2) is 6.10 Å². The number of anilines is 1. The van der Waals surface area contributed by atoms with Crippen LogP contribution in [0.5, 0.6) is 5.75 Å². The number of hydrogen-bond acceptors (Lipinski definition) is 3. The number of nitrogens with zero attached hydrogens (tertiary/aromatic N) is 2. The molecule has 6 heteroatoms. The quantitative estimate of drug-likeness (QED) is 0.780. The highest BCUT2D eigenvalue weighted by Crippen LogP contribution is 2.34. The van der Waals surface area contributed by atoms with Crippen molar-refractivity contribution in [3.63, 3.8) is 0 Å². The molecule has 2 heterocycles. The predicted octanol–water partition coefficient (Wildman–Crippen LogP) is 2.63. The van der Waals surface area contributed by atoms with Gasteiger partial charge in [0.25, 0.3) is 11.8 Å². The molecule has 2 amide bonds. The monoisotopic (exact) mass is 361 g/mol. The minimum Gasteiger partial charge on any atom is -0.477 e. The Kier molecular flexibility index (Phi) is 4.38. The maximum absolute atomic E-state index is 13.3. The van der Waals surface area contributed by atoms with Crippen LogP contribution in [0.4, 0.5) is 5.69 Å². The summed E-state index contributed by atoms with van der Waals surface area (Å²) in [7, 11) is 1.55. The van der Waals surface area contributed by atoms with Crippen molar-refractivity contribution in [2.45, 2.75) is 6.10 Å². The summed E-state index contributed by atoms with van der Waals surface area (Å²) in [6.45, 7) is 0.156. The first kappa shape index (κ1) is 16.9. The summed E-state index contributed by atoms with van der Waals surface area (Å²) in [5, 5.41) is 2.59. The van der Waals surface area contributed by atoms with Crippen molar-refractivity contribution < 1.29 is 14.3 Å². The van der Waals surface area contributed by atoms with Gasteiger partial charge in [0.2, 0.25) is 0 Å². The van der Waals surface area contributed by atoms with E-state index in [9.17, 15) is 9.59 Å². The van der Waals surface area contributed by atoms with E-state index >= 15 is 0 Å². The van der Waals surface area contributed by atoms with Gasteiger partial charge < -0.3 is 19.5 Å². The number of likely N-dealkylation sites (N-methyl/N-ethyl adjacent to an activating group) is 1. The molecule has 0 fully saturated rings. The standard InChI is InChI=1S/C21H19N3O3/c1-22-20(25)19-14-24(17-9-2-3-10-18(17)27-19)21(26)15-7-6-8-16(13-15)23-11-4-5-12-23/h2-13,19H,14H2,1H3,(H,22,25)/t19-/m0/s1. The van der Waals surface area contributed by atoms with Crippen molar-refractivity contribution in [2.24, 2.45) is 0 Å². The zero-order valence-electron chi connectivity index (χ0n) is 14.8. The molecule has 1 aliphatic heterocycles. The molecule has 3 aromatic rings. The number of benzene rings is 2. The van der Waals surface area contributed by atoms with Gasteiger partial charge in [0, 0.05) is 30.7 Å². The lowest BCUT2D eigenvalue weighted by Crippen LogP contribution is -2.50. The number of carbonyl (C=O) groups is 2. The van der Waals surface area contributed by atoms with E-state index in [0.717, 1.165) is 5.69 Å². The minimum atomic E-state index is -0.749. The largest absolute Gasteiger partial charge is 0.477 e.